The molecule has 0 unspecified atom stereocenters. The lowest BCUT2D eigenvalue weighted by molar-refractivity contribution is -0.534. The Labute approximate surface area is 80.7 Å². The molecule has 2 atom stereocenters. The van der Waals surface area contributed by atoms with Gasteiger partial charge in [0.15, 0.2) is 0 Å². The van der Waals surface area contributed by atoms with Crippen molar-refractivity contribution in [2.45, 2.75) is 37.8 Å². The van der Waals surface area contributed by atoms with Crippen LogP contribution in [0.4, 0.5) is 0 Å². The molecule has 1 aliphatic carbocycles. The number of nitro groups is 1. The zero-order chi connectivity index (χ0) is 10.7. The normalized spacial score (nSPS) is 20.9. The maximum absolute atomic E-state index is 10.5. The van der Waals surface area contributed by atoms with Crippen molar-refractivity contribution in [3.8, 4) is 0 Å². The Morgan fingerprint density at radius 3 is 2.43 bits per heavy atom. The first kappa shape index (κ1) is 10.9. The number of rotatable bonds is 5. The summed E-state index contributed by atoms with van der Waals surface area (Å²) in [5, 5.41) is 28.0. The zero-order valence-electron chi connectivity index (χ0n) is 7.63. The van der Waals surface area contributed by atoms with Crippen LogP contribution >= 0.6 is 0 Å². The molecule has 0 aromatic heterocycles. The van der Waals surface area contributed by atoms with E-state index < -0.39 is 23.0 Å². The predicted molar refractivity (Wildman–Crippen MR) is 46.4 cm³/mol. The van der Waals surface area contributed by atoms with Crippen molar-refractivity contribution in [1.29, 1.82) is 0 Å². The van der Waals surface area contributed by atoms with Crippen molar-refractivity contribution in [1.82, 2.24) is 0 Å². The predicted octanol–water partition coefficient (Wildman–Crippen LogP) is 0.267. The summed E-state index contributed by atoms with van der Waals surface area (Å²) in [6.45, 7) is 0. The van der Waals surface area contributed by atoms with Crippen LogP contribution < -0.4 is 0 Å². The number of hydrogen-bond donors (Lipinski definition) is 2. The van der Waals surface area contributed by atoms with E-state index in [4.69, 9.17) is 10.2 Å². The highest BCUT2D eigenvalue weighted by Gasteiger charge is 2.38. The summed E-state index contributed by atoms with van der Waals surface area (Å²) in [4.78, 5) is 20.2. The first-order valence-electron chi connectivity index (χ1n) is 4.56. The van der Waals surface area contributed by atoms with Gasteiger partial charge in [-0.1, -0.05) is 19.3 Å². The van der Waals surface area contributed by atoms with Crippen molar-refractivity contribution in [3.63, 3.8) is 0 Å². The molecule has 1 fully saturated rings. The summed E-state index contributed by atoms with van der Waals surface area (Å²) in [6, 6.07) is -1.36. The van der Waals surface area contributed by atoms with Crippen molar-refractivity contribution in [3.05, 3.63) is 10.1 Å². The second-order valence-corrected chi connectivity index (χ2v) is 3.67. The molecule has 0 saturated heterocycles. The van der Waals surface area contributed by atoms with Gasteiger partial charge in [0.1, 0.15) is 0 Å². The van der Waals surface area contributed by atoms with Crippen LogP contribution in [0.1, 0.15) is 25.7 Å². The highest BCUT2D eigenvalue weighted by Crippen LogP contribution is 2.31. The van der Waals surface area contributed by atoms with Gasteiger partial charge >= 0.3 is 5.97 Å². The number of aliphatic carboxylic acids is 1. The standard InChI is InChI=1S/C8H13NO5/c10-7(8(11)12)6(9(13)14)4-5-2-1-3-5/h5-7,10H,1-4H2,(H,11,12)/t6-,7+/m0/s1. The summed E-state index contributed by atoms with van der Waals surface area (Å²) >= 11 is 0. The first-order valence-corrected chi connectivity index (χ1v) is 4.56. The Kier molecular flexibility index (Phi) is 3.40. The fourth-order valence-electron chi connectivity index (χ4n) is 1.56. The molecule has 80 valence electrons. The third-order valence-electron chi connectivity index (χ3n) is 2.69. The number of carbonyl (C=O) groups is 1. The van der Waals surface area contributed by atoms with Gasteiger partial charge in [-0.2, -0.15) is 0 Å². The average molecular weight is 203 g/mol. The van der Waals surface area contributed by atoms with Crippen molar-refractivity contribution < 1.29 is 19.9 Å². The van der Waals surface area contributed by atoms with Crippen molar-refractivity contribution in [2.75, 3.05) is 0 Å². The smallest absolute Gasteiger partial charge is 0.339 e. The first-order chi connectivity index (χ1) is 6.52. The lowest BCUT2D eigenvalue weighted by Crippen LogP contribution is -2.41. The Morgan fingerprint density at radius 1 is 1.57 bits per heavy atom. The minimum absolute atomic E-state index is 0.167. The lowest BCUT2D eigenvalue weighted by Gasteiger charge is -2.26. The van der Waals surface area contributed by atoms with Crippen LogP contribution in [0.25, 0.3) is 0 Å². The SMILES string of the molecule is O=C(O)[C@H](O)[C@H](CC1CCC1)[N+](=O)[O-]. The molecule has 14 heavy (non-hydrogen) atoms. The Balaban J connectivity index is 2.53. The molecule has 0 aromatic carbocycles. The van der Waals surface area contributed by atoms with E-state index in [2.05, 4.69) is 0 Å². The van der Waals surface area contributed by atoms with Gasteiger partial charge in [-0.15, -0.1) is 0 Å². The van der Waals surface area contributed by atoms with Crippen LogP contribution in [0.5, 0.6) is 0 Å². The molecular weight excluding hydrogens is 190 g/mol. The molecule has 1 rings (SSSR count). The molecular formula is C8H13NO5. The van der Waals surface area contributed by atoms with E-state index in [-0.39, 0.29) is 12.3 Å². The molecule has 1 aliphatic rings. The second kappa shape index (κ2) is 4.36. The van der Waals surface area contributed by atoms with Gasteiger partial charge in [0, 0.05) is 11.3 Å². The molecule has 0 radical (unpaired) electrons. The quantitative estimate of drug-likeness (QED) is 0.493. The monoisotopic (exact) mass is 203 g/mol. The molecule has 0 amide bonds. The average Bonchev–Trinajstić information content (AvgIpc) is 2.00. The summed E-state index contributed by atoms with van der Waals surface area (Å²) in [7, 11) is 0. The van der Waals surface area contributed by atoms with E-state index in [1.165, 1.54) is 0 Å². The molecule has 6 nitrogen and oxygen atoms in total. The van der Waals surface area contributed by atoms with E-state index in [9.17, 15) is 14.9 Å². The number of carboxylic acids is 1. The number of aliphatic hydroxyl groups is 1. The number of carboxylic acid groups (broad SMARTS) is 1. The minimum Gasteiger partial charge on any atom is -0.479 e. The van der Waals surface area contributed by atoms with Gasteiger partial charge in [0.25, 0.3) is 0 Å². The van der Waals surface area contributed by atoms with E-state index in [0.717, 1.165) is 19.3 Å². The van der Waals surface area contributed by atoms with Gasteiger partial charge in [-0.3, -0.25) is 10.1 Å². The summed E-state index contributed by atoms with van der Waals surface area (Å²) in [5.41, 5.74) is 0. The van der Waals surface area contributed by atoms with E-state index in [1.807, 2.05) is 0 Å². The van der Waals surface area contributed by atoms with Crippen molar-refractivity contribution >= 4 is 5.97 Å². The van der Waals surface area contributed by atoms with Crippen LogP contribution in [0.2, 0.25) is 0 Å². The third-order valence-corrected chi connectivity index (χ3v) is 2.69. The molecule has 0 bridgehead atoms. The maximum atomic E-state index is 10.5. The fraction of sp³-hybridized carbons (Fsp3) is 0.875. The summed E-state index contributed by atoms with van der Waals surface area (Å²) in [6.07, 6.45) is 1.12. The number of aliphatic hydroxyl groups excluding tert-OH is 1. The van der Waals surface area contributed by atoms with Gasteiger partial charge in [0.2, 0.25) is 12.1 Å². The molecule has 1 saturated carbocycles. The molecule has 0 aromatic rings. The van der Waals surface area contributed by atoms with Crippen LogP contribution in [-0.2, 0) is 4.79 Å². The van der Waals surface area contributed by atoms with E-state index >= 15 is 0 Å². The van der Waals surface area contributed by atoms with Crippen molar-refractivity contribution in [2.24, 2.45) is 5.92 Å². The van der Waals surface area contributed by atoms with Crippen LogP contribution in [0, 0.1) is 16.0 Å². The molecule has 6 heteroatoms. The second-order valence-electron chi connectivity index (χ2n) is 3.67. The molecule has 2 N–H and O–H groups in total. The highest BCUT2D eigenvalue weighted by molar-refractivity contribution is 5.72. The maximum Gasteiger partial charge on any atom is 0.339 e. The molecule has 0 spiro atoms. The Hall–Kier alpha value is -1.17. The highest BCUT2D eigenvalue weighted by atomic mass is 16.6. The van der Waals surface area contributed by atoms with E-state index in [1.54, 1.807) is 0 Å². The van der Waals surface area contributed by atoms with Gasteiger partial charge in [-0.25, -0.2) is 4.79 Å². The summed E-state index contributed by atoms with van der Waals surface area (Å²) < 4.78 is 0. The largest absolute Gasteiger partial charge is 0.479 e. The number of hydrogen-bond acceptors (Lipinski definition) is 4. The van der Waals surface area contributed by atoms with Crippen LogP contribution in [0.3, 0.4) is 0 Å². The van der Waals surface area contributed by atoms with Gasteiger partial charge < -0.3 is 10.2 Å². The van der Waals surface area contributed by atoms with E-state index in [0.29, 0.717) is 0 Å². The van der Waals surface area contributed by atoms with Crippen LogP contribution in [-0.4, -0.2) is 33.3 Å². The number of nitrogens with zero attached hydrogens (tertiary/aromatic N) is 1. The fourth-order valence-corrected chi connectivity index (χ4v) is 1.56. The molecule has 0 aliphatic heterocycles. The molecule has 0 heterocycles. The minimum atomic E-state index is -1.88. The van der Waals surface area contributed by atoms with Gasteiger partial charge in [0.05, 0.1) is 0 Å². The summed E-state index contributed by atoms with van der Waals surface area (Å²) in [5.74, 6) is -1.31. The van der Waals surface area contributed by atoms with Gasteiger partial charge in [-0.05, 0) is 5.92 Å². The lowest BCUT2D eigenvalue weighted by atomic mass is 9.80. The topological polar surface area (TPSA) is 101 Å². The Bertz CT molecular complexity index is 238. The third kappa shape index (κ3) is 2.41. The zero-order valence-corrected chi connectivity index (χ0v) is 7.63. The Morgan fingerprint density at radius 2 is 2.14 bits per heavy atom. The van der Waals surface area contributed by atoms with Crippen LogP contribution in [0.15, 0.2) is 0 Å².